The van der Waals surface area contributed by atoms with E-state index >= 15 is 0 Å². The summed E-state index contributed by atoms with van der Waals surface area (Å²) in [5.41, 5.74) is 4.59. The van der Waals surface area contributed by atoms with E-state index in [0.29, 0.717) is 33.8 Å². The van der Waals surface area contributed by atoms with E-state index in [9.17, 15) is 14.9 Å². The summed E-state index contributed by atoms with van der Waals surface area (Å²) in [6.45, 7) is 3.78. The maximum absolute atomic E-state index is 13.8. The van der Waals surface area contributed by atoms with Crippen LogP contribution in [0.25, 0.3) is 22.6 Å². The topological polar surface area (TPSA) is 103 Å². The fourth-order valence-corrected chi connectivity index (χ4v) is 3.37. The first-order chi connectivity index (χ1) is 13.5. The minimum Gasteiger partial charge on any atom is -0.318 e. The Morgan fingerprint density at radius 2 is 2.00 bits per heavy atom. The first kappa shape index (κ1) is 18.3. The largest absolute Gasteiger partial charge is 0.318 e. The van der Waals surface area contributed by atoms with E-state index in [4.69, 9.17) is 0 Å². The van der Waals surface area contributed by atoms with Gasteiger partial charge in [0.25, 0.3) is 0 Å². The number of fused-ring (bicyclic) bond motifs is 1. The van der Waals surface area contributed by atoms with Gasteiger partial charge in [0, 0.05) is 17.5 Å². The Morgan fingerprint density at radius 3 is 2.57 bits per heavy atom. The van der Waals surface area contributed by atoms with Crippen LogP contribution in [0.15, 0.2) is 24.7 Å². The van der Waals surface area contributed by atoms with E-state index < -0.39 is 5.82 Å². The van der Waals surface area contributed by atoms with Crippen molar-refractivity contribution in [1.29, 1.82) is 5.26 Å². The fraction of sp³-hybridized carbons (Fsp3) is 0.368. The second kappa shape index (κ2) is 7.14. The molecule has 4 rings (SSSR count). The van der Waals surface area contributed by atoms with Crippen molar-refractivity contribution in [3.63, 3.8) is 0 Å². The summed E-state index contributed by atoms with van der Waals surface area (Å²) in [6, 6.07) is 3.70. The molecule has 9 heteroatoms. The van der Waals surface area contributed by atoms with Crippen molar-refractivity contribution in [2.24, 2.45) is 0 Å². The van der Waals surface area contributed by atoms with Gasteiger partial charge in [0.1, 0.15) is 28.9 Å². The number of nitriles is 1. The molecule has 0 aromatic carbocycles. The lowest BCUT2D eigenvalue weighted by Gasteiger charge is -2.29. The molecule has 2 N–H and O–H groups in total. The van der Waals surface area contributed by atoms with Gasteiger partial charge in [0.15, 0.2) is 5.82 Å². The van der Waals surface area contributed by atoms with Gasteiger partial charge in [-0.3, -0.25) is 5.21 Å². The van der Waals surface area contributed by atoms with Crippen LogP contribution in [0.2, 0.25) is 0 Å². The Balaban J connectivity index is 1.85. The number of rotatable bonds is 5. The van der Waals surface area contributed by atoms with E-state index in [1.54, 1.807) is 0 Å². The molecule has 0 saturated heterocycles. The van der Waals surface area contributed by atoms with Crippen LogP contribution in [0.1, 0.15) is 44.7 Å². The molecule has 0 spiro atoms. The van der Waals surface area contributed by atoms with Gasteiger partial charge in [0.05, 0.1) is 24.2 Å². The van der Waals surface area contributed by atoms with Crippen LogP contribution in [0.5, 0.6) is 0 Å². The van der Waals surface area contributed by atoms with E-state index in [-0.39, 0.29) is 12.1 Å². The van der Waals surface area contributed by atoms with Crippen LogP contribution in [-0.2, 0) is 0 Å². The van der Waals surface area contributed by atoms with Crippen molar-refractivity contribution < 1.29 is 9.60 Å². The van der Waals surface area contributed by atoms with Crippen LogP contribution in [0, 0.1) is 17.1 Å². The highest BCUT2D eigenvalue weighted by atomic mass is 19.1. The molecule has 3 aromatic heterocycles. The minimum atomic E-state index is -0.492. The van der Waals surface area contributed by atoms with Gasteiger partial charge in [-0.25, -0.2) is 24.8 Å². The minimum absolute atomic E-state index is 0.0250. The van der Waals surface area contributed by atoms with Crippen LogP contribution in [-0.4, -0.2) is 30.8 Å². The average Bonchev–Trinajstić information content (AvgIpc) is 2.93. The van der Waals surface area contributed by atoms with E-state index in [1.807, 2.05) is 18.4 Å². The lowest BCUT2D eigenvalue weighted by Crippen LogP contribution is -2.40. The predicted molar refractivity (Wildman–Crippen MR) is 101 cm³/mol. The number of nitrogens with one attached hydrogen (secondary N) is 1. The summed E-state index contributed by atoms with van der Waals surface area (Å²) in [6.07, 6.45) is 7.11. The van der Waals surface area contributed by atoms with Crippen LogP contribution in [0.3, 0.4) is 0 Å². The molecule has 28 heavy (non-hydrogen) atoms. The van der Waals surface area contributed by atoms with Gasteiger partial charge in [-0.15, -0.1) is 0 Å². The maximum Gasteiger partial charge on any atom is 0.177 e. The van der Waals surface area contributed by atoms with Gasteiger partial charge >= 0.3 is 0 Å². The number of halogens is 1. The molecule has 0 radical (unpaired) electrons. The van der Waals surface area contributed by atoms with Crippen LogP contribution < -0.4 is 10.6 Å². The van der Waals surface area contributed by atoms with Crippen molar-refractivity contribution in [2.45, 2.75) is 45.2 Å². The Labute approximate surface area is 161 Å². The average molecular weight is 381 g/mol. The number of nitrogens with zero attached hydrogens (tertiary/aromatic N) is 6. The van der Waals surface area contributed by atoms with Crippen molar-refractivity contribution in [2.75, 3.05) is 5.17 Å². The molecule has 3 aromatic rings. The molecule has 1 aliphatic rings. The van der Waals surface area contributed by atoms with Gasteiger partial charge in [-0.2, -0.15) is 10.4 Å². The van der Waals surface area contributed by atoms with Crippen molar-refractivity contribution >= 4 is 16.7 Å². The van der Waals surface area contributed by atoms with Crippen molar-refractivity contribution in [3.8, 4) is 17.6 Å². The molecule has 8 nitrogen and oxygen atoms in total. The highest BCUT2D eigenvalue weighted by molar-refractivity contribution is 5.91. The number of aromatic nitrogens is 4. The third-order valence-corrected chi connectivity index (χ3v) is 4.84. The smallest absolute Gasteiger partial charge is 0.177 e. The molecule has 0 amide bonds. The molecule has 0 bridgehead atoms. The molecule has 3 heterocycles. The first-order valence-electron chi connectivity index (χ1n) is 9.16. The third kappa shape index (κ3) is 3.06. The van der Waals surface area contributed by atoms with Crippen molar-refractivity contribution in [1.82, 2.24) is 24.9 Å². The second-order valence-electron chi connectivity index (χ2n) is 7.18. The maximum atomic E-state index is 13.8. The lowest BCUT2D eigenvalue weighted by molar-refractivity contribution is 0.199. The highest BCUT2D eigenvalue weighted by Gasteiger charge is 2.29. The Bertz CT molecular complexity index is 1050. The summed E-state index contributed by atoms with van der Waals surface area (Å²) in [5, 5.41) is 21.1. The highest BCUT2D eigenvalue weighted by Crippen LogP contribution is 2.41. The molecule has 0 unspecified atom stereocenters. The quantitative estimate of drug-likeness (QED) is 0.653. The van der Waals surface area contributed by atoms with E-state index in [1.165, 1.54) is 18.5 Å². The van der Waals surface area contributed by atoms with E-state index in [2.05, 4.69) is 26.4 Å². The van der Waals surface area contributed by atoms with Gasteiger partial charge in [-0.1, -0.05) is 0 Å². The van der Waals surface area contributed by atoms with Gasteiger partial charge in [-0.05, 0) is 39.2 Å². The monoisotopic (exact) mass is 381 g/mol. The third-order valence-electron chi connectivity index (χ3n) is 4.84. The number of pyridine rings is 1. The van der Waals surface area contributed by atoms with E-state index in [0.717, 1.165) is 30.6 Å². The summed E-state index contributed by atoms with van der Waals surface area (Å²) in [5.74, 6) is -0.156. The lowest BCUT2D eigenvalue weighted by atomic mass is 9.92. The fourth-order valence-electron chi connectivity index (χ4n) is 3.37. The molecule has 1 aliphatic carbocycles. The predicted octanol–water partition coefficient (Wildman–Crippen LogP) is 3.34. The van der Waals surface area contributed by atoms with Crippen molar-refractivity contribution in [3.05, 3.63) is 36.0 Å². The molecular formula is C19H20FN7O. The summed E-state index contributed by atoms with van der Waals surface area (Å²) < 4.78 is 15.7. The zero-order valence-corrected chi connectivity index (χ0v) is 15.6. The summed E-state index contributed by atoms with van der Waals surface area (Å²) in [7, 11) is 0. The summed E-state index contributed by atoms with van der Waals surface area (Å²) in [4.78, 5) is 13.0. The van der Waals surface area contributed by atoms with Gasteiger partial charge in [0.2, 0.25) is 0 Å². The Kier molecular flexibility index (Phi) is 4.66. The first-order valence-corrected chi connectivity index (χ1v) is 9.16. The Morgan fingerprint density at radius 1 is 1.29 bits per heavy atom. The number of hydrazine groups is 1. The van der Waals surface area contributed by atoms with Crippen LogP contribution in [0.4, 0.5) is 10.1 Å². The van der Waals surface area contributed by atoms with Crippen LogP contribution >= 0.6 is 0 Å². The molecule has 144 valence electrons. The molecule has 1 saturated carbocycles. The number of anilines is 1. The zero-order chi connectivity index (χ0) is 19.8. The summed E-state index contributed by atoms with van der Waals surface area (Å²) >= 11 is 0. The SMILES string of the molecule is CC(C)NN(O)c1cnc(-c2c(C#N)c3cc(F)cnc3n2C2CCC2)nc1. The van der Waals surface area contributed by atoms with Gasteiger partial charge < -0.3 is 4.57 Å². The Hall–Kier alpha value is -3.09. The molecule has 0 aliphatic heterocycles. The standard InChI is InChI=1S/C19H20FN7O/c1-11(2)25-27(28)14-9-22-18(23-10-14)17-16(7-21)15-6-12(20)8-24-19(15)26(17)13-4-3-5-13/h6,8-11,13,25,28H,3-5H2,1-2H3. The molecular weight excluding hydrogens is 361 g/mol. The normalized spacial score (nSPS) is 14.3. The number of hydrogen-bond acceptors (Lipinski definition) is 7. The number of hydrogen-bond donors (Lipinski definition) is 2. The second-order valence-corrected chi connectivity index (χ2v) is 7.18. The molecule has 1 fully saturated rings. The molecule has 0 atom stereocenters. The zero-order valence-electron chi connectivity index (χ0n) is 15.6.